The molecule has 1 aromatic carbocycles. The normalized spacial score (nSPS) is 9.53. The summed E-state index contributed by atoms with van der Waals surface area (Å²) in [6.07, 6.45) is 0.625. The van der Waals surface area contributed by atoms with E-state index >= 15 is 0 Å². The van der Waals surface area contributed by atoms with Gasteiger partial charge in [0.2, 0.25) is 0 Å². The van der Waals surface area contributed by atoms with Crippen LogP contribution in [0.5, 0.6) is 5.75 Å². The van der Waals surface area contributed by atoms with Crippen molar-refractivity contribution < 1.29 is 19.1 Å². The lowest BCUT2D eigenvalue weighted by atomic mass is 10.1. The molecular formula is C12H15NO4. The number of carbonyl (C=O) groups excluding carboxylic acids is 2. The van der Waals surface area contributed by atoms with Gasteiger partial charge in [0, 0.05) is 6.54 Å². The molecule has 0 aromatic heterocycles. The lowest BCUT2D eigenvalue weighted by Gasteiger charge is -2.05. The van der Waals surface area contributed by atoms with Gasteiger partial charge in [0.05, 0.1) is 14.2 Å². The topological polar surface area (TPSA) is 64.6 Å². The van der Waals surface area contributed by atoms with Crippen LogP contribution in [0.25, 0.3) is 0 Å². The molecule has 0 radical (unpaired) electrons. The van der Waals surface area contributed by atoms with Gasteiger partial charge in [-0.15, -0.1) is 0 Å². The van der Waals surface area contributed by atoms with Crippen LogP contribution in [0.15, 0.2) is 24.3 Å². The van der Waals surface area contributed by atoms with E-state index in [0.29, 0.717) is 13.0 Å². The summed E-state index contributed by atoms with van der Waals surface area (Å²) < 4.78 is 9.36. The summed E-state index contributed by atoms with van der Waals surface area (Å²) in [5.41, 5.74) is 1.02. The van der Waals surface area contributed by atoms with Gasteiger partial charge in [0.1, 0.15) is 5.75 Å². The molecule has 0 spiro atoms. The third-order valence-electron chi connectivity index (χ3n) is 2.20. The maximum Gasteiger partial charge on any atom is 0.396 e. The highest BCUT2D eigenvalue weighted by molar-refractivity contribution is 6.32. The number of rotatable bonds is 4. The van der Waals surface area contributed by atoms with E-state index in [1.165, 1.54) is 7.11 Å². The van der Waals surface area contributed by atoms with Crippen molar-refractivity contribution in [2.45, 2.75) is 6.42 Å². The van der Waals surface area contributed by atoms with Gasteiger partial charge in [0.15, 0.2) is 0 Å². The lowest BCUT2D eigenvalue weighted by molar-refractivity contribution is -0.152. The van der Waals surface area contributed by atoms with Crippen molar-refractivity contribution in [3.63, 3.8) is 0 Å². The number of ether oxygens (including phenoxy) is 2. The Hall–Kier alpha value is -2.04. The maximum absolute atomic E-state index is 11.1. The number of nitrogens with one attached hydrogen (secondary N) is 1. The van der Waals surface area contributed by atoms with E-state index in [0.717, 1.165) is 11.3 Å². The van der Waals surface area contributed by atoms with Crippen LogP contribution in [-0.4, -0.2) is 32.6 Å². The number of carbonyl (C=O) groups is 2. The second-order valence-electron chi connectivity index (χ2n) is 3.35. The Balaban J connectivity index is 2.40. The molecule has 0 aliphatic carbocycles. The molecule has 0 aliphatic rings. The van der Waals surface area contributed by atoms with E-state index in [1.54, 1.807) is 7.11 Å². The van der Waals surface area contributed by atoms with E-state index in [2.05, 4.69) is 10.1 Å². The third kappa shape index (κ3) is 4.14. The van der Waals surface area contributed by atoms with Crippen LogP contribution in [-0.2, 0) is 20.7 Å². The molecule has 0 fully saturated rings. The fourth-order valence-corrected chi connectivity index (χ4v) is 1.31. The van der Waals surface area contributed by atoms with E-state index in [4.69, 9.17) is 4.74 Å². The summed E-state index contributed by atoms with van der Waals surface area (Å²) in [6, 6.07) is 7.52. The number of amides is 1. The Morgan fingerprint density at radius 2 is 2.06 bits per heavy atom. The molecule has 0 unspecified atom stereocenters. The first-order chi connectivity index (χ1) is 8.17. The molecule has 17 heavy (non-hydrogen) atoms. The summed E-state index contributed by atoms with van der Waals surface area (Å²) in [4.78, 5) is 21.9. The molecule has 1 N–H and O–H groups in total. The van der Waals surface area contributed by atoms with Gasteiger partial charge in [-0.05, 0) is 24.1 Å². The van der Waals surface area contributed by atoms with Crippen LogP contribution in [0.1, 0.15) is 5.56 Å². The quantitative estimate of drug-likeness (QED) is 0.612. The highest BCUT2D eigenvalue weighted by Gasteiger charge is 2.11. The van der Waals surface area contributed by atoms with Gasteiger partial charge in [-0.1, -0.05) is 12.1 Å². The predicted octanol–water partition coefficient (Wildman–Crippen LogP) is 0.527. The first-order valence-corrected chi connectivity index (χ1v) is 5.16. The predicted molar refractivity (Wildman–Crippen MR) is 61.7 cm³/mol. The fourth-order valence-electron chi connectivity index (χ4n) is 1.31. The molecule has 1 amide bonds. The van der Waals surface area contributed by atoms with Crippen molar-refractivity contribution in [3.05, 3.63) is 29.8 Å². The molecule has 0 bridgehead atoms. The average molecular weight is 237 g/mol. The van der Waals surface area contributed by atoms with Crippen LogP contribution < -0.4 is 10.1 Å². The van der Waals surface area contributed by atoms with E-state index in [9.17, 15) is 9.59 Å². The van der Waals surface area contributed by atoms with Gasteiger partial charge >= 0.3 is 11.9 Å². The molecule has 0 aliphatic heterocycles. The van der Waals surface area contributed by atoms with Gasteiger partial charge < -0.3 is 14.8 Å². The Bertz CT molecular complexity index is 403. The molecule has 5 heteroatoms. The smallest absolute Gasteiger partial charge is 0.396 e. The number of hydrogen-bond donors (Lipinski definition) is 1. The van der Waals surface area contributed by atoms with Crippen molar-refractivity contribution in [1.29, 1.82) is 0 Å². The van der Waals surface area contributed by atoms with Crippen LogP contribution in [0.4, 0.5) is 0 Å². The van der Waals surface area contributed by atoms with Gasteiger partial charge in [0.25, 0.3) is 0 Å². The van der Waals surface area contributed by atoms with Gasteiger partial charge in [-0.25, -0.2) is 4.79 Å². The number of methoxy groups -OCH3 is 2. The van der Waals surface area contributed by atoms with Crippen molar-refractivity contribution in [3.8, 4) is 5.75 Å². The molecule has 0 heterocycles. The highest BCUT2D eigenvalue weighted by Crippen LogP contribution is 2.12. The highest BCUT2D eigenvalue weighted by atomic mass is 16.5. The molecule has 1 rings (SSSR count). The Labute approximate surface area is 99.7 Å². The monoisotopic (exact) mass is 237 g/mol. The minimum absolute atomic E-state index is 0.376. The van der Waals surface area contributed by atoms with Crippen molar-refractivity contribution in [2.24, 2.45) is 0 Å². The van der Waals surface area contributed by atoms with Crippen LogP contribution in [0.2, 0.25) is 0 Å². The lowest BCUT2D eigenvalue weighted by Crippen LogP contribution is -2.33. The Morgan fingerprint density at radius 1 is 1.29 bits per heavy atom. The molecule has 0 saturated heterocycles. The zero-order valence-electron chi connectivity index (χ0n) is 9.86. The fraction of sp³-hybridized carbons (Fsp3) is 0.333. The molecule has 0 saturated carbocycles. The first-order valence-electron chi connectivity index (χ1n) is 5.16. The standard InChI is InChI=1S/C12H15NO4/c1-16-10-5-3-4-9(8-10)6-7-13-11(14)12(15)17-2/h3-5,8H,6-7H2,1-2H3,(H,13,14). The van der Waals surface area contributed by atoms with E-state index in [-0.39, 0.29) is 0 Å². The summed E-state index contributed by atoms with van der Waals surface area (Å²) in [5.74, 6) is -0.840. The van der Waals surface area contributed by atoms with Crippen molar-refractivity contribution in [1.82, 2.24) is 5.32 Å². The Kier molecular flexibility index (Phi) is 5.00. The van der Waals surface area contributed by atoms with E-state index in [1.807, 2.05) is 24.3 Å². The largest absolute Gasteiger partial charge is 0.497 e. The van der Waals surface area contributed by atoms with Crippen molar-refractivity contribution in [2.75, 3.05) is 20.8 Å². The number of esters is 1. The number of hydrogen-bond acceptors (Lipinski definition) is 4. The molecule has 92 valence electrons. The third-order valence-corrected chi connectivity index (χ3v) is 2.20. The molecule has 5 nitrogen and oxygen atoms in total. The summed E-state index contributed by atoms with van der Waals surface area (Å²) in [7, 11) is 2.77. The van der Waals surface area contributed by atoms with Gasteiger partial charge in [-0.2, -0.15) is 0 Å². The zero-order valence-corrected chi connectivity index (χ0v) is 9.86. The summed E-state index contributed by atoms with van der Waals surface area (Å²) in [5, 5.41) is 2.47. The van der Waals surface area contributed by atoms with Crippen molar-refractivity contribution >= 4 is 11.9 Å². The maximum atomic E-state index is 11.1. The summed E-state index contributed by atoms with van der Waals surface area (Å²) in [6.45, 7) is 0.376. The minimum atomic E-state index is -0.879. The molecular weight excluding hydrogens is 222 g/mol. The summed E-state index contributed by atoms with van der Waals surface area (Å²) >= 11 is 0. The minimum Gasteiger partial charge on any atom is -0.497 e. The number of benzene rings is 1. The molecule has 1 aromatic rings. The zero-order chi connectivity index (χ0) is 12.7. The van der Waals surface area contributed by atoms with Gasteiger partial charge in [-0.3, -0.25) is 4.79 Å². The second kappa shape index (κ2) is 6.52. The second-order valence-corrected chi connectivity index (χ2v) is 3.35. The van der Waals surface area contributed by atoms with E-state index < -0.39 is 11.9 Å². The first kappa shape index (κ1) is 13.0. The van der Waals surface area contributed by atoms with Crippen LogP contribution >= 0.6 is 0 Å². The molecule has 0 atom stereocenters. The SMILES string of the molecule is COC(=O)C(=O)NCCc1cccc(OC)c1. The Morgan fingerprint density at radius 3 is 2.71 bits per heavy atom. The average Bonchev–Trinajstić information content (AvgIpc) is 2.37. The van der Waals surface area contributed by atoms with Crippen LogP contribution in [0, 0.1) is 0 Å². The van der Waals surface area contributed by atoms with Crippen LogP contribution in [0.3, 0.4) is 0 Å².